The molecule has 0 saturated carbocycles. The summed E-state index contributed by atoms with van der Waals surface area (Å²) in [7, 11) is -3.95. The Labute approximate surface area is 176 Å². The van der Waals surface area contributed by atoms with Gasteiger partial charge in [0.1, 0.15) is 5.75 Å². The fourth-order valence-corrected chi connectivity index (χ4v) is 3.58. The Kier molecular flexibility index (Phi) is 7.44. The van der Waals surface area contributed by atoms with E-state index >= 15 is 0 Å². The summed E-state index contributed by atoms with van der Waals surface area (Å²) in [6.07, 6.45) is 0. The van der Waals surface area contributed by atoms with Crippen LogP contribution in [0, 0.1) is 0 Å². The number of ether oxygens (including phenoxy) is 2. The SMILES string of the molecule is CCOc1ccc(S(=O)(=O)Nc2ccccc2C(=O)OCC(=O)NC(C)(C)C)cc1. The average Bonchev–Trinajstić information content (AvgIpc) is 2.65. The van der Waals surface area contributed by atoms with Crippen molar-refractivity contribution in [2.24, 2.45) is 0 Å². The standard InChI is InChI=1S/C21H26N2O6S/c1-5-28-15-10-12-16(13-11-15)30(26,27)23-18-9-7-6-8-17(18)20(25)29-14-19(24)22-21(2,3)4/h6-13,23H,5,14H2,1-4H3,(H,22,24). The zero-order chi connectivity index (χ0) is 22.4. The number of anilines is 1. The van der Waals surface area contributed by atoms with E-state index in [-0.39, 0.29) is 16.1 Å². The minimum absolute atomic E-state index is 0.00410. The van der Waals surface area contributed by atoms with Crippen LogP contribution >= 0.6 is 0 Å². The van der Waals surface area contributed by atoms with Crippen LogP contribution in [0.25, 0.3) is 0 Å². The molecule has 8 nitrogen and oxygen atoms in total. The molecule has 2 aromatic rings. The fourth-order valence-electron chi connectivity index (χ4n) is 2.50. The first-order valence-electron chi connectivity index (χ1n) is 9.34. The molecule has 9 heteroatoms. The Morgan fingerprint density at radius 1 is 1.00 bits per heavy atom. The van der Waals surface area contributed by atoms with E-state index in [4.69, 9.17) is 9.47 Å². The Hall–Kier alpha value is -3.07. The largest absolute Gasteiger partial charge is 0.494 e. The highest BCUT2D eigenvalue weighted by Gasteiger charge is 2.21. The predicted molar refractivity (Wildman–Crippen MR) is 113 cm³/mol. The number of hydrogen-bond donors (Lipinski definition) is 2. The molecule has 0 aliphatic heterocycles. The van der Waals surface area contributed by atoms with E-state index in [1.54, 1.807) is 45.0 Å². The number of rotatable bonds is 8. The van der Waals surface area contributed by atoms with Gasteiger partial charge in [0.05, 0.1) is 22.8 Å². The van der Waals surface area contributed by atoms with Crippen LogP contribution in [-0.4, -0.2) is 39.0 Å². The van der Waals surface area contributed by atoms with Gasteiger partial charge in [-0.3, -0.25) is 9.52 Å². The van der Waals surface area contributed by atoms with Crippen molar-refractivity contribution in [2.75, 3.05) is 17.9 Å². The van der Waals surface area contributed by atoms with Crippen molar-refractivity contribution in [1.82, 2.24) is 5.32 Å². The maximum atomic E-state index is 12.7. The highest BCUT2D eigenvalue weighted by atomic mass is 32.2. The summed E-state index contributed by atoms with van der Waals surface area (Å²) < 4.78 is 38.1. The van der Waals surface area contributed by atoms with Crippen molar-refractivity contribution in [3.8, 4) is 5.75 Å². The maximum absolute atomic E-state index is 12.7. The molecule has 0 radical (unpaired) electrons. The first-order chi connectivity index (χ1) is 14.0. The molecule has 0 aliphatic carbocycles. The molecule has 0 aromatic heterocycles. The van der Waals surface area contributed by atoms with Gasteiger partial charge in [-0.05, 0) is 64.1 Å². The second-order valence-corrected chi connectivity index (χ2v) is 9.11. The molecule has 0 bridgehead atoms. The van der Waals surface area contributed by atoms with Crippen LogP contribution in [0.1, 0.15) is 38.1 Å². The Morgan fingerprint density at radius 2 is 1.63 bits per heavy atom. The third-order valence-corrected chi connectivity index (χ3v) is 5.07. The monoisotopic (exact) mass is 434 g/mol. The van der Waals surface area contributed by atoms with Gasteiger partial charge in [0.25, 0.3) is 15.9 Å². The van der Waals surface area contributed by atoms with Gasteiger partial charge in [0.2, 0.25) is 0 Å². The Balaban J connectivity index is 2.14. The van der Waals surface area contributed by atoms with Gasteiger partial charge >= 0.3 is 5.97 Å². The number of sulfonamides is 1. The first kappa shape index (κ1) is 23.2. The van der Waals surface area contributed by atoms with Gasteiger partial charge in [-0.25, -0.2) is 13.2 Å². The summed E-state index contributed by atoms with van der Waals surface area (Å²) in [6, 6.07) is 11.9. The molecule has 2 aromatic carbocycles. The first-order valence-corrected chi connectivity index (χ1v) is 10.8. The highest BCUT2D eigenvalue weighted by molar-refractivity contribution is 7.92. The van der Waals surface area contributed by atoms with Crippen molar-refractivity contribution in [1.29, 1.82) is 0 Å². The van der Waals surface area contributed by atoms with Crippen LogP contribution in [0.3, 0.4) is 0 Å². The molecule has 162 valence electrons. The number of benzene rings is 2. The summed E-state index contributed by atoms with van der Waals surface area (Å²) in [5.74, 6) is -0.721. The van der Waals surface area contributed by atoms with Gasteiger partial charge in [-0.15, -0.1) is 0 Å². The molecule has 0 aliphatic rings. The van der Waals surface area contributed by atoms with Crippen LogP contribution in [0.2, 0.25) is 0 Å². The van der Waals surface area contributed by atoms with Gasteiger partial charge in [-0.1, -0.05) is 12.1 Å². The van der Waals surface area contributed by atoms with Crippen LogP contribution in [0.5, 0.6) is 5.75 Å². The second kappa shape index (κ2) is 9.62. The minimum atomic E-state index is -3.95. The molecule has 30 heavy (non-hydrogen) atoms. The zero-order valence-electron chi connectivity index (χ0n) is 17.4. The number of carbonyl (C=O) groups is 2. The molecule has 0 unspecified atom stereocenters. The minimum Gasteiger partial charge on any atom is -0.494 e. The molecule has 2 rings (SSSR count). The van der Waals surface area contributed by atoms with E-state index in [1.807, 2.05) is 6.92 Å². The summed E-state index contributed by atoms with van der Waals surface area (Å²) in [6.45, 7) is 7.23. The molecule has 0 saturated heterocycles. The summed E-state index contributed by atoms with van der Waals surface area (Å²) in [5.41, 5.74) is -0.419. The van der Waals surface area contributed by atoms with Crippen molar-refractivity contribution in [3.63, 3.8) is 0 Å². The molecule has 2 N–H and O–H groups in total. The van der Waals surface area contributed by atoms with Crippen LogP contribution < -0.4 is 14.8 Å². The predicted octanol–water partition coefficient (Wildman–Crippen LogP) is 2.96. The molecule has 0 heterocycles. The van der Waals surface area contributed by atoms with E-state index in [1.165, 1.54) is 24.3 Å². The van der Waals surface area contributed by atoms with Gasteiger partial charge in [0, 0.05) is 5.54 Å². The number of nitrogens with one attached hydrogen (secondary N) is 2. The van der Waals surface area contributed by atoms with Gasteiger partial charge < -0.3 is 14.8 Å². The number of carbonyl (C=O) groups excluding carboxylic acids is 2. The van der Waals surface area contributed by atoms with Crippen LogP contribution in [0.4, 0.5) is 5.69 Å². The lowest BCUT2D eigenvalue weighted by atomic mass is 10.1. The van der Waals surface area contributed by atoms with E-state index in [2.05, 4.69) is 10.0 Å². The van der Waals surface area contributed by atoms with E-state index < -0.39 is 34.0 Å². The summed E-state index contributed by atoms with van der Waals surface area (Å²) in [5, 5.41) is 2.68. The third-order valence-electron chi connectivity index (χ3n) is 3.69. The van der Waals surface area contributed by atoms with Gasteiger partial charge in [0.15, 0.2) is 6.61 Å². The molecular formula is C21H26N2O6S. The van der Waals surface area contributed by atoms with Crippen molar-refractivity contribution in [2.45, 2.75) is 38.1 Å². The summed E-state index contributed by atoms with van der Waals surface area (Å²) >= 11 is 0. The second-order valence-electron chi connectivity index (χ2n) is 7.43. The van der Waals surface area contributed by atoms with E-state index in [9.17, 15) is 18.0 Å². The molecule has 0 spiro atoms. The van der Waals surface area contributed by atoms with Gasteiger partial charge in [-0.2, -0.15) is 0 Å². The van der Waals surface area contributed by atoms with Crippen LogP contribution in [0.15, 0.2) is 53.4 Å². The Bertz CT molecular complexity index is 995. The normalized spacial score (nSPS) is 11.5. The molecule has 1 amide bonds. The molecule has 0 atom stereocenters. The molecule has 0 fully saturated rings. The Morgan fingerprint density at radius 3 is 2.23 bits per heavy atom. The topological polar surface area (TPSA) is 111 Å². The van der Waals surface area contributed by atoms with Crippen molar-refractivity contribution >= 4 is 27.6 Å². The quantitative estimate of drug-likeness (QED) is 0.618. The maximum Gasteiger partial charge on any atom is 0.340 e. The highest BCUT2D eigenvalue weighted by Crippen LogP contribution is 2.22. The lowest BCUT2D eigenvalue weighted by Gasteiger charge is -2.20. The number of para-hydroxylation sites is 1. The zero-order valence-corrected chi connectivity index (χ0v) is 18.2. The van der Waals surface area contributed by atoms with E-state index in [0.29, 0.717) is 12.4 Å². The summed E-state index contributed by atoms with van der Waals surface area (Å²) in [4.78, 5) is 24.3. The third kappa shape index (κ3) is 6.77. The number of hydrogen-bond acceptors (Lipinski definition) is 6. The molecular weight excluding hydrogens is 408 g/mol. The smallest absolute Gasteiger partial charge is 0.340 e. The van der Waals surface area contributed by atoms with Crippen molar-refractivity contribution in [3.05, 3.63) is 54.1 Å². The lowest BCUT2D eigenvalue weighted by Crippen LogP contribution is -2.42. The number of esters is 1. The van der Waals surface area contributed by atoms with Crippen LogP contribution in [-0.2, 0) is 19.6 Å². The fraction of sp³-hybridized carbons (Fsp3) is 0.333. The lowest BCUT2D eigenvalue weighted by molar-refractivity contribution is -0.125. The van der Waals surface area contributed by atoms with Crippen molar-refractivity contribution < 1.29 is 27.5 Å². The average molecular weight is 435 g/mol. The number of amides is 1. The van der Waals surface area contributed by atoms with E-state index in [0.717, 1.165) is 0 Å².